The Hall–Kier alpha value is -1.00. The first-order chi connectivity index (χ1) is 5.90. The molecule has 0 saturated heterocycles. The lowest BCUT2D eigenvalue weighted by Gasteiger charge is -2.08. The van der Waals surface area contributed by atoms with Crippen LogP contribution in [0.2, 0.25) is 0 Å². The maximum absolute atomic E-state index is 12.0. The summed E-state index contributed by atoms with van der Waals surface area (Å²) in [7, 11) is 0. The standard InChI is InChI=1S/C8H11F3N2/c1-5(2)6-4-12-13-7(6)3-8(9,10)11/h4-5H,3H2,1-2H3,(H,12,13). The molecule has 0 aliphatic carbocycles. The highest BCUT2D eigenvalue weighted by Gasteiger charge is 2.30. The molecular weight excluding hydrogens is 181 g/mol. The van der Waals surface area contributed by atoms with Crippen molar-refractivity contribution in [3.05, 3.63) is 17.5 Å². The molecule has 0 amide bonds. The summed E-state index contributed by atoms with van der Waals surface area (Å²) in [4.78, 5) is 0. The summed E-state index contributed by atoms with van der Waals surface area (Å²) in [6.07, 6.45) is -3.65. The molecule has 1 aromatic heterocycles. The molecule has 0 unspecified atom stereocenters. The second-order valence-electron chi connectivity index (χ2n) is 3.25. The fourth-order valence-electron chi connectivity index (χ4n) is 1.16. The van der Waals surface area contributed by atoms with E-state index < -0.39 is 12.6 Å². The van der Waals surface area contributed by atoms with Crippen LogP contribution in [0, 0.1) is 0 Å². The molecule has 0 aliphatic heterocycles. The van der Waals surface area contributed by atoms with Crippen LogP contribution in [0.4, 0.5) is 13.2 Å². The molecule has 2 nitrogen and oxygen atoms in total. The fraction of sp³-hybridized carbons (Fsp3) is 0.625. The van der Waals surface area contributed by atoms with Gasteiger partial charge in [0.1, 0.15) is 0 Å². The van der Waals surface area contributed by atoms with Crippen molar-refractivity contribution in [2.45, 2.75) is 32.4 Å². The third-order valence-corrected chi connectivity index (χ3v) is 1.75. The average molecular weight is 192 g/mol. The lowest BCUT2D eigenvalue weighted by molar-refractivity contribution is -0.128. The van der Waals surface area contributed by atoms with Gasteiger partial charge in [0, 0.05) is 5.69 Å². The van der Waals surface area contributed by atoms with Crippen molar-refractivity contribution in [3.8, 4) is 0 Å². The first-order valence-corrected chi connectivity index (χ1v) is 3.99. The van der Waals surface area contributed by atoms with Gasteiger partial charge in [-0.1, -0.05) is 13.8 Å². The number of hydrogen-bond donors (Lipinski definition) is 1. The van der Waals surface area contributed by atoms with Gasteiger partial charge in [0.25, 0.3) is 0 Å². The van der Waals surface area contributed by atoms with Gasteiger partial charge in [0.05, 0.1) is 12.6 Å². The molecule has 1 aromatic rings. The normalized spacial score (nSPS) is 12.5. The summed E-state index contributed by atoms with van der Waals surface area (Å²) in [6.45, 7) is 3.68. The van der Waals surface area contributed by atoms with Gasteiger partial charge >= 0.3 is 6.18 Å². The first kappa shape index (κ1) is 10.1. The first-order valence-electron chi connectivity index (χ1n) is 3.99. The Kier molecular flexibility index (Phi) is 2.63. The van der Waals surface area contributed by atoms with E-state index in [2.05, 4.69) is 10.2 Å². The van der Waals surface area contributed by atoms with Crippen LogP contribution in [0.5, 0.6) is 0 Å². The van der Waals surface area contributed by atoms with E-state index in [9.17, 15) is 13.2 Å². The molecule has 0 aromatic carbocycles. The molecule has 0 aliphatic rings. The van der Waals surface area contributed by atoms with Crippen LogP contribution in [0.3, 0.4) is 0 Å². The van der Waals surface area contributed by atoms with E-state index in [0.717, 1.165) is 0 Å². The number of alkyl halides is 3. The molecule has 0 saturated carbocycles. The van der Waals surface area contributed by atoms with Crippen molar-refractivity contribution in [2.75, 3.05) is 0 Å². The molecule has 0 atom stereocenters. The van der Waals surface area contributed by atoms with Gasteiger partial charge in [-0.15, -0.1) is 0 Å². The smallest absolute Gasteiger partial charge is 0.282 e. The second-order valence-corrected chi connectivity index (χ2v) is 3.25. The van der Waals surface area contributed by atoms with E-state index >= 15 is 0 Å². The highest BCUT2D eigenvalue weighted by atomic mass is 19.4. The predicted octanol–water partition coefficient (Wildman–Crippen LogP) is 2.64. The number of hydrogen-bond acceptors (Lipinski definition) is 1. The minimum absolute atomic E-state index is 0.0658. The van der Waals surface area contributed by atoms with Crippen molar-refractivity contribution in [3.63, 3.8) is 0 Å². The third-order valence-electron chi connectivity index (χ3n) is 1.75. The van der Waals surface area contributed by atoms with Crippen molar-refractivity contribution in [1.82, 2.24) is 10.2 Å². The van der Waals surface area contributed by atoms with Crippen LogP contribution in [-0.2, 0) is 6.42 Å². The Morgan fingerprint density at radius 3 is 2.54 bits per heavy atom. The predicted molar refractivity (Wildman–Crippen MR) is 42.4 cm³/mol. The number of aromatic amines is 1. The van der Waals surface area contributed by atoms with Crippen molar-refractivity contribution in [1.29, 1.82) is 0 Å². The minimum atomic E-state index is -4.17. The molecule has 74 valence electrons. The third kappa shape index (κ3) is 2.75. The van der Waals surface area contributed by atoms with Crippen molar-refractivity contribution >= 4 is 0 Å². The van der Waals surface area contributed by atoms with Gasteiger partial charge in [-0.2, -0.15) is 18.3 Å². The Morgan fingerprint density at radius 1 is 1.46 bits per heavy atom. The Labute approximate surface area is 74.1 Å². The highest BCUT2D eigenvalue weighted by molar-refractivity contribution is 5.20. The van der Waals surface area contributed by atoms with E-state index in [1.807, 2.05) is 13.8 Å². The summed E-state index contributed by atoms with van der Waals surface area (Å²) >= 11 is 0. The molecule has 0 bridgehead atoms. The zero-order valence-corrected chi connectivity index (χ0v) is 7.44. The summed E-state index contributed by atoms with van der Waals surface area (Å²) in [5.74, 6) is 0.0658. The summed E-state index contributed by atoms with van der Waals surface area (Å²) in [5.41, 5.74) is 0.805. The molecule has 0 fully saturated rings. The fourth-order valence-corrected chi connectivity index (χ4v) is 1.16. The van der Waals surface area contributed by atoms with Crippen LogP contribution in [0.15, 0.2) is 6.20 Å². The second kappa shape index (κ2) is 3.40. The van der Waals surface area contributed by atoms with Crippen LogP contribution < -0.4 is 0 Å². The van der Waals surface area contributed by atoms with Crippen LogP contribution >= 0.6 is 0 Å². The minimum Gasteiger partial charge on any atom is -0.282 e. The lowest BCUT2D eigenvalue weighted by atomic mass is 10.0. The lowest BCUT2D eigenvalue weighted by Crippen LogP contribution is -2.13. The zero-order chi connectivity index (χ0) is 10.1. The van der Waals surface area contributed by atoms with E-state index in [0.29, 0.717) is 5.56 Å². The van der Waals surface area contributed by atoms with Crippen LogP contribution in [-0.4, -0.2) is 16.4 Å². The zero-order valence-electron chi connectivity index (χ0n) is 7.44. The maximum atomic E-state index is 12.0. The molecule has 1 heterocycles. The molecule has 1 N–H and O–H groups in total. The molecule has 13 heavy (non-hydrogen) atoms. The molecule has 0 radical (unpaired) electrons. The van der Waals surface area contributed by atoms with E-state index in [-0.39, 0.29) is 11.6 Å². The van der Waals surface area contributed by atoms with Crippen molar-refractivity contribution < 1.29 is 13.2 Å². The van der Waals surface area contributed by atoms with Gasteiger partial charge in [0.15, 0.2) is 0 Å². The highest BCUT2D eigenvalue weighted by Crippen LogP contribution is 2.25. The van der Waals surface area contributed by atoms with Gasteiger partial charge in [-0.05, 0) is 11.5 Å². The van der Waals surface area contributed by atoms with Gasteiger partial charge in [-0.3, -0.25) is 5.10 Å². The van der Waals surface area contributed by atoms with Gasteiger partial charge in [0.2, 0.25) is 0 Å². The Morgan fingerprint density at radius 2 is 2.08 bits per heavy atom. The number of aromatic nitrogens is 2. The van der Waals surface area contributed by atoms with Gasteiger partial charge in [-0.25, -0.2) is 0 Å². The molecule has 1 rings (SSSR count). The van der Waals surface area contributed by atoms with E-state index in [1.165, 1.54) is 6.20 Å². The Balaban J connectivity index is 2.83. The van der Waals surface area contributed by atoms with Crippen LogP contribution in [0.25, 0.3) is 0 Å². The monoisotopic (exact) mass is 192 g/mol. The summed E-state index contributed by atoms with van der Waals surface area (Å²) < 4.78 is 36.0. The van der Waals surface area contributed by atoms with E-state index in [4.69, 9.17) is 0 Å². The number of H-pyrrole nitrogens is 1. The maximum Gasteiger partial charge on any atom is 0.394 e. The van der Waals surface area contributed by atoms with Crippen molar-refractivity contribution in [2.24, 2.45) is 0 Å². The molecule has 0 spiro atoms. The topological polar surface area (TPSA) is 28.7 Å². The summed E-state index contributed by atoms with van der Waals surface area (Å²) in [6, 6.07) is 0. The number of halogens is 3. The quantitative estimate of drug-likeness (QED) is 0.766. The number of rotatable bonds is 2. The SMILES string of the molecule is CC(C)c1cn[nH]c1CC(F)(F)F. The summed E-state index contributed by atoms with van der Waals surface area (Å²) in [5, 5.41) is 5.98. The van der Waals surface area contributed by atoms with Gasteiger partial charge < -0.3 is 0 Å². The number of nitrogens with one attached hydrogen (secondary N) is 1. The number of nitrogens with zero attached hydrogens (tertiary/aromatic N) is 1. The Bertz CT molecular complexity index is 275. The molecule has 5 heteroatoms. The van der Waals surface area contributed by atoms with E-state index in [1.54, 1.807) is 0 Å². The molecular formula is C8H11F3N2. The largest absolute Gasteiger partial charge is 0.394 e. The van der Waals surface area contributed by atoms with Crippen LogP contribution in [0.1, 0.15) is 31.0 Å². The average Bonchev–Trinajstić information content (AvgIpc) is 2.31.